The van der Waals surface area contributed by atoms with Crippen molar-refractivity contribution in [1.29, 1.82) is 0 Å². The predicted octanol–water partition coefficient (Wildman–Crippen LogP) is 2.18. The molecule has 2 N–H and O–H groups in total. The van der Waals surface area contributed by atoms with Crippen molar-refractivity contribution in [3.63, 3.8) is 0 Å². The normalized spacial score (nSPS) is 25.1. The van der Waals surface area contributed by atoms with Gasteiger partial charge in [0, 0.05) is 12.0 Å². The summed E-state index contributed by atoms with van der Waals surface area (Å²) >= 11 is 0. The summed E-state index contributed by atoms with van der Waals surface area (Å²) in [5.41, 5.74) is 6.65. The largest absolute Gasteiger partial charge is 0.329 e. The van der Waals surface area contributed by atoms with E-state index in [-0.39, 0.29) is 5.41 Å². The number of allylic oxidation sites excluding steroid dienone is 2. The molecular formula is C12H19NO. The number of hydrogen-bond donors (Lipinski definition) is 1. The highest BCUT2D eigenvalue weighted by Gasteiger charge is 2.43. The number of nitrogens with two attached hydrogens (primary N) is 1. The van der Waals surface area contributed by atoms with Crippen molar-refractivity contribution in [2.75, 3.05) is 6.54 Å². The van der Waals surface area contributed by atoms with Crippen LogP contribution in [0.15, 0.2) is 11.6 Å². The van der Waals surface area contributed by atoms with E-state index in [1.807, 2.05) is 0 Å². The van der Waals surface area contributed by atoms with Gasteiger partial charge in [0.1, 0.15) is 0 Å². The van der Waals surface area contributed by atoms with Gasteiger partial charge in [0.25, 0.3) is 0 Å². The first-order valence-electron chi connectivity index (χ1n) is 5.72. The topological polar surface area (TPSA) is 43.1 Å². The van der Waals surface area contributed by atoms with Gasteiger partial charge in [-0.05, 0) is 44.1 Å². The summed E-state index contributed by atoms with van der Waals surface area (Å²) in [6.07, 6.45) is 9.84. The monoisotopic (exact) mass is 193 g/mol. The van der Waals surface area contributed by atoms with Crippen molar-refractivity contribution in [2.45, 2.75) is 44.9 Å². The minimum atomic E-state index is -0.150. The number of rotatable bonds is 3. The number of hydrogen-bond acceptors (Lipinski definition) is 2. The van der Waals surface area contributed by atoms with E-state index in [4.69, 9.17) is 5.73 Å². The van der Waals surface area contributed by atoms with Gasteiger partial charge in [-0.25, -0.2) is 0 Å². The molecule has 2 aliphatic rings. The van der Waals surface area contributed by atoms with E-state index in [0.717, 1.165) is 31.3 Å². The van der Waals surface area contributed by atoms with Gasteiger partial charge < -0.3 is 5.73 Å². The molecule has 0 atom stereocenters. The first-order valence-corrected chi connectivity index (χ1v) is 5.72. The molecule has 0 aliphatic heterocycles. The van der Waals surface area contributed by atoms with Crippen LogP contribution in [0.25, 0.3) is 0 Å². The van der Waals surface area contributed by atoms with Gasteiger partial charge in [-0.2, -0.15) is 0 Å². The van der Waals surface area contributed by atoms with Crippen LogP contribution in [-0.2, 0) is 4.79 Å². The van der Waals surface area contributed by atoms with Crippen molar-refractivity contribution in [2.24, 2.45) is 11.1 Å². The summed E-state index contributed by atoms with van der Waals surface area (Å²) in [5, 5.41) is 0. The quantitative estimate of drug-likeness (QED) is 0.746. The third-order valence-corrected chi connectivity index (χ3v) is 3.77. The Labute approximate surface area is 85.6 Å². The first-order chi connectivity index (χ1) is 6.78. The van der Waals surface area contributed by atoms with Crippen LogP contribution in [0.2, 0.25) is 0 Å². The highest BCUT2D eigenvalue weighted by Crippen LogP contribution is 2.43. The highest BCUT2D eigenvalue weighted by atomic mass is 16.1. The maximum atomic E-state index is 12.2. The average Bonchev–Trinajstić information content (AvgIpc) is 2.18. The van der Waals surface area contributed by atoms with E-state index in [9.17, 15) is 4.79 Å². The molecule has 2 aliphatic carbocycles. The summed E-state index contributed by atoms with van der Waals surface area (Å²) in [5.74, 6) is 0.367. The summed E-state index contributed by atoms with van der Waals surface area (Å²) in [6, 6.07) is 0. The van der Waals surface area contributed by atoms with Crippen LogP contribution in [0.3, 0.4) is 0 Å². The molecule has 1 fully saturated rings. The van der Waals surface area contributed by atoms with Crippen LogP contribution in [-0.4, -0.2) is 12.3 Å². The van der Waals surface area contributed by atoms with E-state index in [1.165, 1.54) is 19.3 Å². The van der Waals surface area contributed by atoms with E-state index in [1.54, 1.807) is 0 Å². The third kappa shape index (κ3) is 1.52. The Morgan fingerprint density at radius 1 is 1.36 bits per heavy atom. The molecule has 0 saturated heterocycles. The lowest BCUT2D eigenvalue weighted by Crippen LogP contribution is -2.45. The Morgan fingerprint density at radius 3 is 2.57 bits per heavy atom. The Morgan fingerprint density at radius 2 is 2.14 bits per heavy atom. The highest BCUT2D eigenvalue weighted by molar-refractivity contribution is 6.00. The molecule has 0 heterocycles. The van der Waals surface area contributed by atoms with Crippen LogP contribution < -0.4 is 5.73 Å². The lowest BCUT2D eigenvalue weighted by Gasteiger charge is -2.40. The van der Waals surface area contributed by atoms with Crippen molar-refractivity contribution in [3.8, 4) is 0 Å². The SMILES string of the molecule is NCC1(C(=O)C2=CCCCC2)CCC1. The van der Waals surface area contributed by atoms with Gasteiger partial charge in [0.2, 0.25) is 0 Å². The van der Waals surface area contributed by atoms with Crippen molar-refractivity contribution < 1.29 is 4.79 Å². The van der Waals surface area contributed by atoms with Gasteiger partial charge in [-0.1, -0.05) is 12.5 Å². The number of carbonyl (C=O) groups excluding carboxylic acids is 1. The van der Waals surface area contributed by atoms with Gasteiger partial charge >= 0.3 is 0 Å². The molecule has 78 valence electrons. The summed E-state index contributed by atoms with van der Waals surface area (Å²) in [7, 11) is 0. The Bertz CT molecular complexity index is 258. The fourth-order valence-electron chi connectivity index (χ4n) is 2.51. The Balaban J connectivity index is 2.09. The molecule has 0 spiro atoms. The summed E-state index contributed by atoms with van der Waals surface area (Å²) < 4.78 is 0. The molecule has 0 radical (unpaired) electrons. The fourth-order valence-corrected chi connectivity index (χ4v) is 2.51. The van der Waals surface area contributed by atoms with Crippen LogP contribution in [0.4, 0.5) is 0 Å². The molecule has 0 aromatic carbocycles. The fraction of sp³-hybridized carbons (Fsp3) is 0.750. The second-order valence-electron chi connectivity index (χ2n) is 4.64. The molecule has 2 heteroatoms. The van der Waals surface area contributed by atoms with Gasteiger partial charge in [-0.15, -0.1) is 0 Å². The maximum Gasteiger partial charge on any atom is 0.165 e. The lowest BCUT2D eigenvalue weighted by molar-refractivity contribution is -0.129. The predicted molar refractivity (Wildman–Crippen MR) is 56.9 cm³/mol. The van der Waals surface area contributed by atoms with Gasteiger partial charge in [0.15, 0.2) is 5.78 Å². The Hall–Kier alpha value is -0.630. The molecule has 2 nitrogen and oxygen atoms in total. The Kier molecular flexibility index (Phi) is 2.73. The van der Waals surface area contributed by atoms with E-state index in [0.29, 0.717) is 12.3 Å². The average molecular weight is 193 g/mol. The van der Waals surface area contributed by atoms with Crippen LogP contribution >= 0.6 is 0 Å². The summed E-state index contributed by atoms with van der Waals surface area (Å²) in [4.78, 5) is 12.2. The molecule has 0 aromatic rings. The minimum Gasteiger partial charge on any atom is -0.329 e. The number of Topliss-reactive ketones (excluding diaryl/α,β-unsaturated/α-hetero) is 1. The molecule has 0 amide bonds. The lowest BCUT2D eigenvalue weighted by atomic mass is 9.63. The third-order valence-electron chi connectivity index (χ3n) is 3.77. The molecule has 1 saturated carbocycles. The first kappa shape index (κ1) is 9.91. The zero-order valence-electron chi connectivity index (χ0n) is 8.72. The van der Waals surface area contributed by atoms with Crippen molar-refractivity contribution >= 4 is 5.78 Å². The van der Waals surface area contributed by atoms with Crippen molar-refractivity contribution in [3.05, 3.63) is 11.6 Å². The second kappa shape index (κ2) is 3.85. The summed E-state index contributed by atoms with van der Waals surface area (Å²) in [6.45, 7) is 0.545. The van der Waals surface area contributed by atoms with Gasteiger partial charge in [-0.3, -0.25) is 4.79 Å². The van der Waals surface area contributed by atoms with Crippen LogP contribution in [0, 0.1) is 5.41 Å². The smallest absolute Gasteiger partial charge is 0.165 e. The molecule has 0 aromatic heterocycles. The minimum absolute atomic E-state index is 0.150. The molecule has 14 heavy (non-hydrogen) atoms. The van der Waals surface area contributed by atoms with Crippen LogP contribution in [0.5, 0.6) is 0 Å². The molecular weight excluding hydrogens is 174 g/mol. The van der Waals surface area contributed by atoms with Crippen LogP contribution in [0.1, 0.15) is 44.9 Å². The van der Waals surface area contributed by atoms with Crippen molar-refractivity contribution in [1.82, 2.24) is 0 Å². The molecule has 0 bridgehead atoms. The van der Waals surface area contributed by atoms with E-state index in [2.05, 4.69) is 6.08 Å². The zero-order valence-corrected chi connectivity index (χ0v) is 8.72. The standard InChI is InChI=1S/C12H19NO/c13-9-12(7-4-8-12)11(14)10-5-2-1-3-6-10/h5H,1-4,6-9,13H2. The van der Waals surface area contributed by atoms with E-state index >= 15 is 0 Å². The van der Waals surface area contributed by atoms with E-state index < -0.39 is 0 Å². The molecule has 0 unspecified atom stereocenters. The molecule has 2 rings (SSSR count). The van der Waals surface area contributed by atoms with Gasteiger partial charge in [0.05, 0.1) is 0 Å². The maximum absolute atomic E-state index is 12.2. The number of ketones is 1. The number of carbonyl (C=O) groups is 1. The second-order valence-corrected chi connectivity index (χ2v) is 4.64. The zero-order chi connectivity index (χ0) is 10.0.